The zero-order valence-electron chi connectivity index (χ0n) is 9.29. The Balaban J connectivity index is 2.23. The summed E-state index contributed by atoms with van der Waals surface area (Å²) in [4.78, 5) is 12.1. The van der Waals surface area contributed by atoms with Gasteiger partial charge in [0.2, 0.25) is 0 Å². The summed E-state index contributed by atoms with van der Waals surface area (Å²) in [7, 11) is 0. The molecule has 16 heavy (non-hydrogen) atoms. The Morgan fingerprint density at radius 1 is 1.50 bits per heavy atom. The van der Waals surface area contributed by atoms with Crippen LogP contribution in [-0.4, -0.2) is 23.5 Å². The predicted molar refractivity (Wildman–Crippen MR) is 60.8 cm³/mol. The number of Topliss-reactive ketones (excluding diaryl/α,β-unsaturated/α-hetero) is 1. The number of benzene rings is 1. The molecule has 1 aliphatic carbocycles. The van der Waals surface area contributed by atoms with E-state index in [4.69, 9.17) is 0 Å². The monoisotopic (exact) mass is 217 g/mol. The number of piperidine rings is 1. The average molecular weight is 217 g/mol. The van der Waals surface area contributed by atoms with Crippen LogP contribution in [0.15, 0.2) is 18.2 Å². The van der Waals surface area contributed by atoms with E-state index in [9.17, 15) is 9.90 Å². The van der Waals surface area contributed by atoms with Crippen molar-refractivity contribution < 1.29 is 9.90 Å². The van der Waals surface area contributed by atoms with Gasteiger partial charge in [-0.2, -0.15) is 0 Å². The van der Waals surface area contributed by atoms with Gasteiger partial charge in [-0.25, -0.2) is 0 Å². The quantitative estimate of drug-likeness (QED) is 0.694. The smallest absolute Gasteiger partial charge is 0.180 e. The molecule has 84 valence electrons. The topological polar surface area (TPSA) is 49.3 Å². The molecule has 1 aliphatic heterocycles. The molecule has 1 heterocycles. The van der Waals surface area contributed by atoms with E-state index in [0.717, 1.165) is 30.5 Å². The van der Waals surface area contributed by atoms with Crippen LogP contribution in [0.5, 0.6) is 5.75 Å². The van der Waals surface area contributed by atoms with E-state index in [0.29, 0.717) is 0 Å². The fourth-order valence-electron chi connectivity index (χ4n) is 3.01. The molecule has 0 aromatic heterocycles. The minimum Gasteiger partial charge on any atom is -0.508 e. The molecule has 3 heteroatoms. The summed E-state index contributed by atoms with van der Waals surface area (Å²) < 4.78 is 0. The van der Waals surface area contributed by atoms with E-state index in [2.05, 4.69) is 12.2 Å². The van der Waals surface area contributed by atoms with Crippen molar-refractivity contribution in [2.24, 2.45) is 0 Å². The molecule has 2 N–H and O–H groups in total. The van der Waals surface area contributed by atoms with Gasteiger partial charge in [0.05, 0.1) is 6.04 Å². The molecule has 0 amide bonds. The predicted octanol–water partition coefficient (Wildman–Crippen LogP) is 1.60. The number of phenols is 1. The summed E-state index contributed by atoms with van der Waals surface area (Å²) in [5.41, 5.74) is 1.84. The molecule has 2 aliphatic rings. The van der Waals surface area contributed by atoms with Crippen LogP contribution in [0, 0.1) is 0 Å². The lowest BCUT2D eigenvalue weighted by atomic mass is 9.65. The first-order valence-corrected chi connectivity index (χ1v) is 5.71. The Kier molecular flexibility index (Phi) is 1.89. The van der Waals surface area contributed by atoms with E-state index in [1.165, 1.54) is 0 Å². The maximum Gasteiger partial charge on any atom is 0.180 e. The van der Waals surface area contributed by atoms with Gasteiger partial charge >= 0.3 is 0 Å². The number of hydrogen-bond donors (Lipinski definition) is 2. The molecule has 1 aromatic carbocycles. The Hall–Kier alpha value is -1.35. The number of nitrogens with one attached hydrogen (secondary N) is 1. The zero-order chi connectivity index (χ0) is 11.3. The van der Waals surface area contributed by atoms with E-state index in [1.54, 1.807) is 18.2 Å². The number of ketones is 1. The first kappa shape index (κ1) is 9.85. The second-order valence-electron chi connectivity index (χ2n) is 5.12. The summed E-state index contributed by atoms with van der Waals surface area (Å²) in [5.74, 6) is 0.428. The molecular formula is C13H15NO2. The molecule has 1 fully saturated rings. The molecule has 0 saturated carbocycles. The van der Waals surface area contributed by atoms with Crippen molar-refractivity contribution in [3.8, 4) is 5.75 Å². The van der Waals surface area contributed by atoms with Crippen molar-refractivity contribution in [2.45, 2.75) is 31.2 Å². The third kappa shape index (κ3) is 1.21. The number of aromatic hydroxyl groups is 1. The average Bonchev–Trinajstić information content (AvgIpc) is 2.27. The number of fused-ring (bicyclic) bond motifs is 4. The Labute approximate surface area is 94.5 Å². The highest BCUT2D eigenvalue weighted by molar-refractivity contribution is 6.03. The van der Waals surface area contributed by atoms with Gasteiger partial charge in [-0.3, -0.25) is 4.79 Å². The lowest BCUT2D eigenvalue weighted by Crippen LogP contribution is -2.53. The highest BCUT2D eigenvalue weighted by atomic mass is 16.3. The van der Waals surface area contributed by atoms with Crippen LogP contribution in [0.2, 0.25) is 0 Å². The van der Waals surface area contributed by atoms with Gasteiger partial charge in [-0.05, 0) is 48.6 Å². The van der Waals surface area contributed by atoms with Gasteiger partial charge in [0.25, 0.3) is 0 Å². The van der Waals surface area contributed by atoms with Crippen LogP contribution >= 0.6 is 0 Å². The largest absolute Gasteiger partial charge is 0.508 e. The Bertz CT molecular complexity index is 469. The summed E-state index contributed by atoms with van der Waals surface area (Å²) in [5, 5.41) is 12.8. The number of phenolic OH excluding ortho intramolecular Hbond substituents is 1. The van der Waals surface area contributed by atoms with Gasteiger partial charge in [-0.15, -0.1) is 0 Å². The van der Waals surface area contributed by atoms with Crippen molar-refractivity contribution in [1.29, 1.82) is 0 Å². The highest BCUT2D eigenvalue weighted by Crippen LogP contribution is 2.42. The van der Waals surface area contributed by atoms with Crippen LogP contribution < -0.4 is 5.32 Å². The lowest BCUT2D eigenvalue weighted by Gasteiger charge is -2.43. The standard InChI is InChI=1S/C13H15NO2/c1-13-4-5-14-11(7-13)12(16)9-3-2-8(15)6-10(9)13/h2-3,6,11,14-15H,4-5,7H2,1H3. The summed E-state index contributed by atoms with van der Waals surface area (Å²) in [6.45, 7) is 3.06. The van der Waals surface area contributed by atoms with Gasteiger partial charge in [0.15, 0.2) is 5.78 Å². The normalized spacial score (nSPS) is 32.3. The van der Waals surface area contributed by atoms with Crippen molar-refractivity contribution in [3.63, 3.8) is 0 Å². The van der Waals surface area contributed by atoms with Crippen LogP contribution in [0.1, 0.15) is 35.7 Å². The van der Waals surface area contributed by atoms with E-state index in [1.807, 2.05) is 0 Å². The lowest BCUT2D eigenvalue weighted by molar-refractivity contribution is 0.0869. The van der Waals surface area contributed by atoms with Gasteiger partial charge in [0.1, 0.15) is 5.75 Å². The Morgan fingerprint density at radius 3 is 3.12 bits per heavy atom. The molecule has 1 saturated heterocycles. The van der Waals surface area contributed by atoms with Gasteiger partial charge < -0.3 is 10.4 Å². The maximum atomic E-state index is 12.1. The summed E-state index contributed by atoms with van der Waals surface area (Å²) in [6, 6.07) is 5.08. The molecule has 0 spiro atoms. The van der Waals surface area contributed by atoms with Gasteiger partial charge in [-0.1, -0.05) is 6.92 Å². The first-order chi connectivity index (χ1) is 7.60. The minimum atomic E-state index is -0.0317. The van der Waals surface area contributed by atoms with Crippen molar-refractivity contribution in [1.82, 2.24) is 5.32 Å². The molecule has 2 bridgehead atoms. The second-order valence-corrected chi connectivity index (χ2v) is 5.12. The molecule has 3 nitrogen and oxygen atoms in total. The zero-order valence-corrected chi connectivity index (χ0v) is 9.29. The van der Waals surface area contributed by atoms with Crippen LogP contribution in [0.3, 0.4) is 0 Å². The van der Waals surface area contributed by atoms with Gasteiger partial charge in [0, 0.05) is 5.56 Å². The highest BCUT2D eigenvalue weighted by Gasteiger charge is 2.43. The molecular weight excluding hydrogens is 202 g/mol. The summed E-state index contributed by atoms with van der Waals surface area (Å²) >= 11 is 0. The van der Waals surface area contributed by atoms with Crippen molar-refractivity contribution >= 4 is 5.78 Å². The minimum absolute atomic E-state index is 0.0317. The third-order valence-corrected chi connectivity index (χ3v) is 3.96. The molecule has 2 atom stereocenters. The fourth-order valence-corrected chi connectivity index (χ4v) is 3.01. The molecule has 1 aromatic rings. The molecule has 0 radical (unpaired) electrons. The van der Waals surface area contributed by atoms with Crippen LogP contribution in [0.4, 0.5) is 0 Å². The first-order valence-electron chi connectivity index (χ1n) is 5.71. The third-order valence-electron chi connectivity index (χ3n) is 3.96. The molecule has 2 unspecified atom stereocenters. The van der Waals surface area contributed by atoms with E-state index in [-0.39, 0.29) is 23.0 Å². The van der Waals surface area contributed by atoms with Crippen LogP contribution in [0.25, 0.3) is 0 Å². The van der Waals surface area contributed by atoms with Crippen molar-refractivity contribution in [3.05, 3.63) is 29.3 Å². The van der Waals surface area contributed by atoms with Crippen LogP contribution in [-0.2, 0) is 5.41 Å². The van der Waals surface area contributed by atoms with E-state index >= 15 is 0 Å². The number of carbonyl (C=O) groups excluding carboxylic acids is 1. The molecule has 3 rings (SSSR count). The van der Waals surface area contributed by atoms with E-state index < -0.39 is 0 Å². The SMILES string of the molecule is CC12CCNC(C1)C(=O)c1ccc(O)cc12. The van der Waals surface area contributed by atoms with Crippen molar-refractivity contribution in [2.75, 3.05) is 6.54 Å². The Morgan fingerprint density at radius 2 is 2.31 bits per heavy atom. The summed E-state index contributed by atoms with van der Waals surface area (Å²) in [6.07, 6.45) is 1.87. The number of carbonyl (C=O) groups is 1. The number of rotatable bonds is 0. The number of hydrogen-bond acceptors (Lipinski definition) is 3. The fraction of sp³-hybridized carbons (Fsp3) is 0.462. The second kappa shape index (κ2) is 3.08. The maximum absolute atomic E-state index is 12.1.